The average molecular weight is 237 g/mol. The summed E-state index contributed by atoms with van der Waals surface area (Å²) in [6.45, 7) is 0. The normalized spacial score (nSPS) is 12.9. The van der Waals surface area contributed by atoms with Crippen LogP contribution in [0.25, 0.3) is 0 Å². The average Bonchev–Trinajstić information content (AvgIpc) is 2.92. The van der Waals surface area contributed by atoms with Crippen LogP contribution in [-0.2, 0) is 13.5 Å². The van der Waals surface area contributed by atoms with Gasteiger partial charge in [-0.05, 0) is 37.5 Å². The highest BCUT2D eigenvalue weighted by atomic mass is 32.1. The highest BCUT2D eigenvalue weighted by Gasteiger charge is 2.12. The molecule has 0 saturated carbocycles. The van der Waals surface area contributed by atoms with E-state index in [2.05, 4.69) is 20.0 Å². The van der Waals surface area contributed by atoms with Crippen LogP contribution in [-0.4, -0.2) is 26.4 Å². The van der Waals surface area contributed by atoms with Crippen LogP contribution >= 0.6 is 11.5 Å². The maximum absolute atomic E-state index is 4.15. The number of aromatic nitrogens is 4. The molecule has 16 heavy (non-hydrogen) atoms. The molecule has 5 nitrogen and oxygen atoms in total. The first-order valence-corrected chi connectivity index (χ1v) is 6.06. The Bertz CT molecular complexity index is 422. The molecule has 2 rings (SSSR count). The minimum Gasteiger partial charge on any atom is -0.312 e. The second kappa shape index (κ2) is 5.18. The molecule has 2 aromatic rings. The Morgan fingerprint density at radius 1 is 1.56 bits per heavy atom. The molecule has 0 fully saturated rings. The molecule has 1 unspecified atom stereocenters. The van der Waals surface area contributed by atoms with Crippen LogP contribution in [0.5, 0.6) is 0 Å². The maximum atomic E-state index is 4.15. The van der Waals surface area contributed by atoms with Crippen molar-refractivity contribution in [2.24, 2.45) is 7.05 Å². The predicted molar refractivity (Wildman–Crippen MR) is 63.2 cm³/mol. The number of nitrogens with zero attached hydrogens (tertiary/aromatic N) is 4. The Kier molecular flexibility index (Phi) is 3.63. The van der Waals surface area contributed by atoms with Crippen molar-refractivity contribution in [2.45, 2.75) is 18.9 Å². The van der Waals surface area contributed by atoms with Crippen molar-refractivity contribution in [3.05, 3.63) is 29.0 Å². The van der Waals surface area contributed by atoms with E-state index in [0.717, 1.165) is 18.5 Å². The number of aryl methyl sites for hydroxylation is 2. The first kappa shape index (κ1) is 11.2. The van der Waals surface area contributed by atoms with Gasteiger partial charge >= 0.3 is 0 Å². The quantitative estimate of drug-likeness (QED) is 0.848. The van der Waals surface area contributed by atoms with Gasteiger partial charge in [0, 0.05) is 24.3 Å². The van der Waals surface area contributed by atoms with Crippen LogP contribution in [0, 0.1) is 0 Å². The fourth-order valence-electron chi connectivity index (χ4n) is 1.70. The summed E-state index contributed by atoms with van der Waals surface area (Å²) in [4.78, 5) is 0. The van der Waals surface area contributed by atoms with Crippen molar-refractivity contribution in [1.29, 1.82) is 0 Å². The number of hydrogen-bond acceptors (Lipinski definition) is 5. The molecule has 0 amide bonds. The number of rotatable bonds is 5. The molecular formula is C10H15N5S. The Morgan fingerprint density at radius 2 is 2.44 bits per heavy atom. The molecule has 2 aromatic heterocycles. The van der Waals surface area contributed by atoms with Gasteiger partial charge in [-0.15, -0.1) is 5.10 Å². The minimum absolute atomic E-state index is 0.272. The smallest absolute Gasteiger partial charge is 0.0924 e. The molecule has 0 aliphatic heterocycles. The summed E-state index contributed by atoms with van der Waals surface area (Å²) in [5.41, 5.74) is 2.26. The van der Waals surface area contributed by atoms with Crippen LogP contribution in [0.3, 0.4) is 0 Å². The lowest BCUT2D eigenvalue weighted by atomic mass is 10.1. The van der Waals surface area contributed by atoms with Crippen molar-refractivity contribution in [3.63, 3.8) is 0 Å². The molecule has 0 aromatic carbocycles. The van der Waals surface area contributed by atoms with Crippen molar-refractivity contribution in [2.75, 3.05) is 7.05 Å². The lowest BCUT2D eigenvalue weighted by molar-refractivity contribution is 0.523. The van der Waals surface area contributed by atoms with E-state index in [1.165, 1.54) is 17.2 Å². The van der Waals surface area contributed by atoms with E-state index in [4.69, 9.17) is 0 Å². The van der Waals surface area contributed by atoms with Crippen molar-refractivity contribution < 1.29 is 0 Å². The molecule has 1 N–H and O–H groups in total. The van der Waals surface area contributed by atoms with Gasteiger partial charge in [0.15, 0.2) is 0 Å². The van der Waals surface area contributed by atoms with Gasteiger partial charge in [-0.1, -0.05) is 4.49 Å². The molecule has 0 aliphatic carbocycles. The third-order valence-corrected chi connectivity index (χ3v) is 3.22. The highest BCUT2D eigenvalue weighted by molar-refractivity contribution is 7.03. The van der Waals surface area contributed by atoms with Crippen molar-refractivity contribution in [1.82, 2.24) is 24.7 Å². The summed E-state index contributed by atoms with van der Waals surface area (Å²) in [7, 11) is 3.92. The van der Waals surface area contributed by atoms with E-state index in [-0.39, 0.29) is 6.04 Å². The lowest BCUT2D eigenvalue weighted by Crippen LogP contribution is -2.18. The Balaban J connectivity index is 1.96. The molecule has 0 bridgehead atoms. The molecule has 0 radical (unpaired) electrons. The summed E-state index contributed by atoms with van der Waals surface area (Å²) in [6, 6.07) is 2.32. The van der Waals surface area contributed by atoms with Gasteiger partial charge in [-0.3, -0.25) is 4.68 Å². The van der Waals surface area contributed by atoms with Crippen LogP contribution in [0.1, 0.15) is 23.9 Å². The topological polar surface area (TPSA) is 55.6 Å². The number of hydrogen-bond donors (Lipinski definition) is 1. The summed E-state index contributed by atoms with van der Waals surface area (Å²) >= 11 is 1.39. The summed E-state index contributed by atoms with van der Waals surface area (Å²) in [6.07, 6.45) is 3.81. The number of nitrogens with one attached hydrogen (secondary N) is 1. The fourth-order valence-corrected chi connectivity index (χ4v) is 2.21. The highest BCUT2D eigenvalue weighted by Crippen LogP contribution is 2.17. The van der Waals surface area contributed by atoms with Crippen LogP contribution in [0.4, 0.5) is 0 Å². The van der Waals surface area contributed by atoms with Crippen molar-refractivity contribution >= 4 is 11.5 Å². The minimum atomic E-state index is 0.272. The van der Waals surface area contributed by atoms with Gasteiger partial charge in [0.05, 0.1) is 11.7 Å². The zero-order chi connectivity index (χ0) is 11.4. The van der Waals surface area contributed by atoms with E-state index in [9.17, 15) is 0 Å². The molecule has 86 valence electrons. The molecule has 0 spiro atoms. The largest absolute Gasteiger partial charge is 0.312 e. The summed E-state index contributed by atoms with van der Waals surface area (Å²) in [5, 5.41) is 13.5. The van der Waals surface area contributed by atoms with E-state index in [1.54, 1.807) is 0 Å². The third-order valence-electron chi connectivity index (χ3n) is 2.69. The van der Waals surface area contributed by atoms with Crippen LogP contribution in [0.2, 0.25) is 0 Å². The van der Waals surface area contributed by atoms with E-state index in [0.29, 0.717) is 0 Å². The standard InChI is InChI=1S/C10H15N5S/c1-11-9(10-7-16-14-13-10)4-3-8-5-6-12-15(8)2/h5-7,9,11H,3-4H2,1-2H3. The van der Waals surface area contributed by atoms with Gasteiger partial charge < -0.3 is 5.32 Å². The molecule has 0 saturated heterocycles. The zero-order valence-electron chi connectivity index (χ0n) is 9.42. The van der Waals surface area contributed by atoms with Gasteiger partial charge in [-0.25, -0.2) is 0 Å². The lowest BCUT2D eigenvalue weighted by Gasteiger charge is -2.12. The predicted octanol–water partition coefficient (Wildman–Crippen LogP) is 1.16. The molecular weight excluding hydrogens is 222 g/mol. The SMILES string of the molecule is CNC(CCc1ccnn1C)c1csnn1. The summed E-state index contributed by atoms with van der Waals surface area (Å²) in [5.74, 6) is 0. The van der Waals surface area contributed by atoms with Gasteiger partial charge in [0.25, 0.3) is 0 Å². The third kappa shape index (κ3) is 2.45. The Labute approximate surface area is 98.7 Å². The molecule has 1 atom stereocenters. The van der Waals surface area contributed by atoms with Gasteiger partial charge in [-0.2, -0.15) is 5.10 Å². The van der Waals surface area contributed by atoms with E-state index >= 15 is 0 Å². The van der Waals surface area contributed by atoms with E-state index < -0.39 is 0 Å². The fraction of sp³-hybridized carbons (Fsp3) is 0.500. The molecule has 6 heteroatoms. The first-order chi connectivity index (χ1) is 7.81. The monoisotopic (exact) mass is 237 g/mol. The Morgan fingerprint density at radius 3 is 3.00 bits per heavy atom. The second-order valence-corrected chi connectivity index (χ2v) is 4.27. The molecule has 0 aliphatic rings. The van der Waals surface area contributed by atoms with E-state index in [1.807, 2.05) is 36.4 Å². The first-order valence-electron chi connectivity index (χ1n) is 5.22. The van der Waals surface area contributed by atoms with Gasteiger partial charge in [0.2, 0.25) is 0 Å². The zero-order valence-corrected chi connectivity index (χ0v) is 10.2. The van der Waals surface area contributed by atoms with Gasteiger partial charge in [0.1, 0.15) is 0 Å². The summed E-state index contributed by atoms with van der Waals surface area (Å²) < 4.78 is 5.80. The maximum Gasteiger partial charge on any atom is 0.0924 e. The molecule has 2 heterocycles. The van der Waals surface area contributed by atoms with Crippen LogP contribution < -0.4 is 5.32 Å². The van der Waals surface area contributed by atoms with Crippen LogP contribution in [0.15, 0.2) is 17.6 Å². The van der Waals surface area contributed by atoms with Crippen molar-refractivity contribution in [3.8, 4) is 0 Å². The second-order valence-electron chi connectivity index (χ2n) is 3.66. The Hall–Kier alpha value is -1.27.